The number of hydrogen-bond acceptors (Lipinski definition) is 8. The van der Waals surface area contributed by atoms with Gasteiger partial charge in [0.05, 0.1) is 18.4 Å². The Kier molecular flexibility index (Phi) is 8.12. The lowest BCUT2D eigenvalue weighted by Crippen LogP contribution is -2.43. The number of carbonyl (C=O) groups is 1. The minimum Gasteiger partial charge on any atom is -0.495 e. The van der Waals surface area contributed by atoms with Gasteiger partial charge in [-0.25, -0.2) is 9.78 Å². The molecule has 11 heteroatoms. The molecule has 1 aliphatic rings. The van der Waals surface area contributed by atoms with E-state index in [4.69, 9.17) is 15.2 Å². The SMILES string of the molecule is COc1cc(C(=O)OCc2ccccc2)ccc1Nc1ncc(C(F)(F)F)c(N[C@@H]2CCCC[C@H]2N)n1. The van der Waals surface area contributed by atoms with Gasteiger partial charge in [0.25, 0.3) is 0 Å². The van der Waals surface area contributed by atoms with E-state index in [-0.39, 0.29) is 41.8 Å². The van der Waals surface area contributed by atoms with Crippen molar-refractivity contribution in [1.82, 2.24) is 9.97 Å². The summed E-state index contributed by atoms with van der Waals surface area (Å²) in [6.07, 6.45) is -0.710. The molecule has 2 aromatic carbocycles. The molecule has 0 amide bonds. The molecule has 0 unspecified atom stereocenters. The van der Waals surface area contributed by atoms with Crippen molar-refractivity contribution in [2.24, 2.45) is 5.73 Å². The second-order valence-electron chi connectivity index (χ2n) is 8.75. The summed E-state index contributed by atoms with van der Waals surface area (Å²) in [6.45, 7) is 0.113. The molecule has 0 bridgehead atoms. The Balaban J connectivity index is 1.52. The zero-order valence-corrected chi connectivity index (χ0v) is 20.2. The van der Waals surface area contributed by atoms with E-state index in [1.54, 1.807) is 6.07 Å². The van der Waals surface area contributed by atoms with Crippen LogP contribution < -0.4 is 21.1 Å². The quantitative estimate of drug-likeness (QED) is 0.347. The van der Waals surface area contributed by atoms with Gasteiger partial charge in [-0.15, -0.1) is 0 Å². The average molecular weight is 516 g/mol. The summed E-state index contributed by atoms with van der Waals surface area (Å²) in [5, 5.41) is 5.76. The van der Waals surface area contributed by atoms with Crippen molar-refractivity contribution in [3.63, 3.8) is 0 Å². The molecule has 1 aromatic heterocycles. The van der Waals surface area contributed by atoms with E-state index < -0.39 is 17.7 Å². The number of halogens is 3. The van der Waals surface area contributed by atoms with Gasteiger partial charge in [0.15, 0.2) is 0 Å². The molecule has 1 saturated carbocycles. The average Bonchev–Trinajstić information content (AvgIpc) is 2.89. The molecule has 4 N–H and O–H groups in total. The first-order valence-electron chi connectivity index (χ1n) is 11.9. The number of ether oxygens (including phenoxy) is 2. The Hall–Kier alpha value is -3.86. The summed E-state index contributed by atoms with van der Waals surface area (Å²) in [7, 11) is 1.41. The number of carbonyl (C=O) groups excluding carboxylic acids is 1. The molecule has 4 rings (SSSR count). The molecule has 0 aliphatic heterocycles. The number of nitrogens with zero attached hydrogens (tertiary/aromatic N) is 2. The maximum Gasteiger partial charge on any atom is 0.421 e. The lowest BCUT2D eigenvalue weighted by atomic mass is 9.91. The van der Waals surface area contributed by atoms with Gasteiger partial charge in [-0.2, -0.15) is 18.2 Å². The van der Waals surface area contributed by atoms with Gasteiger partial charge in [0.2, 0.25) is 5.95 Å². The molecule has 37 heavy (non-hydrogen) atoms. The van der Waals surface area contributed by atoms with E-state index in [0.717, 1.165) is 31.0 Å². The normalized spacial score (nSPS) is 17.6. The third kappa shape index (κ3) is 6.67. The fourth-order valence-electron chi connectivity index (χ4n) is 4.12. The molecule has 3 aromatic rings. The molecule has 196 valence electrons. The molecule has 0 saturated heterocycles. The number of anilines is 3. The van der Waals surface area contributed by atoms with Gasteiger partial charge in [0.1, 0.15) is 23.7 Å². The molecule has 1 heterocycles. The Labute approximate surface area is 212 Å². The Morgan fingerprint density at radius 1 is 1.14 bits per heavy atom. The second-order valence-corrected chi connectivity index (χ2v) is 8.75. The fourth-order valence-corrected chi connectivity index (χ4v) is 4.12. The topological polar surface area (TPSA) is 111 Å². The number of methoxy groups -OCH3 is 1. The summed E-state index contributed by atoms with van der Waals surface area (Å²) in [6, 6.07) is 13.2. The van der Waals surface area contributed by atoms with E-state index in [1.165, 1.54) is 19.2 Å². The predicted molar refractivity (Wildman–Crippen MR) is 133 cm³/mol. The van der Waals surface area contributed by atoms with Gasteiger partial charge < -0.3 is 25.8 Å². The van der Waals surface area contributed by atoms with E-state index in [9.17, 15) is 18.0 Å². The summed E-state index contributed by atoms with van der Waals surface area (Å²) >= 11 is 0. The van der Waals surface area contributed by atoms with Crippen LogP contribution >= 0.6 is 0 Å². The van der Waals surface area contributed by atoms with Gasteiger partial charge in [-0.05, 0) is 36.6 Å². The van der Waals surface area contributed by atoms with Crippen molar-refractivity contribution in [3.05, 3.63) is 71.4 Å². The van der Waals surface area contributed by atoms with Crippen LogP contribution in [0.15, 0.2) is 54.7 Å². The number of benzene rings is 2. The minimum absolute atomic E-state index is 0.0717. The number of hydrogen-bond donors (Lipinski definition) is 3. The molecular formula is C26H28F3N5O3. The first kappa shape index (κ1) is 26.2. The van der Waals surface area contributed by atoms with E-state index in [0.29, 0.717) is 12.1 Å². The number of alkyl halides is 3. The van der Waals surface area contributed by atoms with Crippen LogP contribution in [0.2, 0.25) is 0 Å². The lowest BCUT2D eigenvalue weighted by molar-refractivity contribution is -0.137. The molecule has 0 spiro atoms. The summed E-state index contributed by atoms with van der Waals surface area (Å²) in [4.78, 5) is 20.5. The number of esters is 1. The highest BCUT2D eigenvalue weighted by atomic mass is 19.4. The van der Waals surface area contributed by atoms with Crippen LogP contribution in [0.5, 0.6) is 5.75 Å². The number of nitrogens with one attached hydrogen (secondary N) is 2. The molecule has 1 aliphatic carbocycles. The molecule has 0 radical (unpaired) electrons. The van der Waals surface area contributed by atoms with Crippen LogP contribution in [0.1, 0.15) is 47.2 Å². The summed E-state index contributed by atoms with van der Waals surface area (Å²) in [5.41, 5.74) is 6.61. The highest BCUT2D eigenvalue weighted by Gasteiger charge is 2.36. The Morgan fingerprint density at radius 2 is 1.89 bits per heavy atom. The maximum atomic E-state index is 13.6. The van der Waals surface area contributed by atoms with Gasteiger partial charge in [0, 0.05) is 18.3 Å². The highest BCUT2D eigenvalue weighted by Crippen LogP contribution is 2.36. The standard InChI is InChI=1S/C26H28F3N5O3/c1-36-22-13-17(24(35)37-15-16-7-3-2-4-8-16)11-12-21(22)33-25-31-14-18(26(27,28)29)23(34-25)32-20-10-6-5-9-19(20)30/h2-4,7-8,11-14,19-20H,5-6,9-10,15,30H2,1H3,(H2,31,32,33,34)/t19-,20-/m1/s1. The third-order valence-corrected chi connectivity index (χ3v) is 6.13. The highest BCUT2D eigenvalue weighted by molar-refractivity contribution is 5.91. The fraction of sp³-hybridized carbons (Fsp3) is 0.346. The van der Waals surface area contributed by atoms with E-state index >= 15 is 0 Å². The van der Waals surface area contributed by atoms with E-state index in [1.807, 2.05) is 30.3 Å². The molecule has 1 fully saturated rings. The van der Waals surface area contributed by atoms with Crippen LogP contribution in [0.25, 0.3) is 0 Å². The first-order chi connectivity index (χ1) is 17.7. The molecule has 8 nitrogen and oxygen atoms in total. The Morgan fingerprint density at radius 3 is 2.59 bits per heavy atom. The number of nitrogens with two attached hydrogens (primary N) is 1. The van der Waals surface area contributed by atoms with Crippen molar-refractivity contribution in [3.8, 4) is 5.75 Å². The zero-order valence-electron chi connectivity index (χ0n) is 20.2. The van der Waals surface area contributed by atoms with Crippen molar-refractivity contribution < 1.29 is 27.4 Å². The van der Waals surface area contributed by atoms with Crippen molar-refractivity contribution in [2.75, 3.05) is 17.7 Å². The van der Waals surface area contributed by atoms with Crippen LogP contribution in [-0.4, -0.2) is 35.1 Å². The zero-order chi connectivity index (χ0) is 26.4. The maximum absolute atomic E-state index is 13.6. The number of rotatable bonds is 8. The largest absolute Gasteiger partial charge is 0.495 e. The number of aromatic nitrogens is 2. The van der Waals surface area contributed by atoms with Gasteiger partial charge >= 0.3 is 12.1 Å². The first-order valence-corrected chi connectivity index (χ1v) is 11.9. The summed E-state index contributed by atoms with van der Waals surface area (Å²) in [5.74, 6) is -0.693. The monoisotopic (exact) mass is 515 g/mol. The van der Waals surface area contributed by atoms with Crippen molar-refractivity contribution in [2.45, 2.75) is 50.6 Å². The van der Waals surface area contributed by atoms with Crippen molar-refractivity contribution >= 4 is 23.4 Å². The van der Waals surface area contributed by atoms with Gasteiger partial charge in [-0.1, -0.05) is 43.2 Å². The molecular weight excluding hydrogens is 487 g/mol. The van der Waals surface area contributed by atoms with Crippen molar-refractivity contribution in [1.29, 1.82) is 0 Å². The second kappa shape index (κ2) is 11.5. The Bertz CT molecular complexity index is 1220. The lowest BCUT2D eigenvalue weighted by Gasteiger charge is -2.30. The minimum atomic E-state index is -4.64. The third-order valence-electron chi connectivity index (χ3n) is 6.13. The van der Waals surface area contributed by atoms with Crippen LogP contribution in [0.3, 0.4) is 0 Å². The summed E-state index contributed by atoms with van der Waals surface area (Å²) < 4.78 is 51.6. The molecule has 2 atom stereocenters. The van der Waals surface area contributed by atoms with Gasteiger partial charge in [-0.3, -0.25) is 0 Å². The van der Waals surface area contributed by atoms with E-state index in [2.05, 4.69) is 20.6 Å². The van der Waals surface area contributed by atoms with Crippen LogP contribution in [0, 0.1) is 0 Å². The predicted octanol–water partition coefficient (Wildman–Crippen LogP) is 5.29. The smallest absolute Gasteiger partial charge is 0.421 e. The van der Waals surface area contributed by atoms with Crippen LogP contribution in [0.4, 0.5) is 30.6 Å². The van der Waals surface area contributed by atoms with Crippen LogP contribution in [-0.2, 0) is 17.5 Å².